The fourth-order valence-electron chi connectivity index (χ4n) is 8.54. The lowest BCUT2D eigenvalue weighted by atomic mass is 9.82. The number of alkyl halides is 2. The number of likely N-dealkylation sites (tertiary alicyclic amines) is 1. The van der Waals surface area contributed by atoms with E-state index in [1.807, 2.05) is 18.7 Å². The summed E-state index contributed by atoms with van der Waals surface area (Å²) >= 11 is 0. The van der Waals surface area contributed by atoms with Gasteiger partial charge in [0.1, 0.15) is 11.6 Å². The molecule has 254 valence electrons. The molecule has 0 aromatic heterocycles. The van der Waals surface area contributed by atoms with Crippen molar-refractivity contribution in [2.45, 2.75) is 102 Å². The Bertz CT molecular complexity index is 1280. The van der Waals surface area contributed by atoms with E-state index in [0.717, 1.165) is 31.7 Å². The van der Waals surface area contributed by atoms with Crippen molar-refractivity contribution >= 4 is 15.9 Å². The van der Waals surface area contributed by atoms with Crippen molar-refractivity contribution in [3.05, 3.63) is 35.4 Å². The second-order valence-corrected chi connectivity index (χ2v) is 16.1. The number of sulfonamides is 1. The van der Waals surface area contributed by atoms with Crippen molar-refractivity contribution in [2.24, 2.45) is 11.8 Å². The maximum atomic E-state index is 15.1. The molecular formula is C33H50F4N4O3S. The van der Waals surface area contributed by atoms with Crippen LogP contribution in [0, 0.1) is 23.5 Å². The van der Waals surface area contributed by atoms with Crippen molar-refractivity contribution in [3.63, 3.8) is 0 Å². The molecule has 45 heavy (non-hydrogen) atoms. The van der Waals surface area contributed by atoms with Crippen LogP contribution in [0.1, 0.15) is 83.1 Å². The Morgan fingerprint density at radius 2 is 1.69 bits per heavy atom. The van der Waals surface area contributed by atoms with E-state index in [4.69, 9.17) is 0 Å². The highest BCUT2D eigenvalue weighted by Gasteiger charge is 2.47. The summed E-state index contributed by atoms with van der Waals surface area (Å²) in [5, 5.41) is 0. The van der Waals surface area contributed by atoms with Crippen LogP contribution in [0.4, 0.5) is 17.6 Å². The molecule has 5 rings (SSSR count). The highest BCUT2D eigenvalue weighted by molar-refractivity contribution is 7.88. The van der Waals surface area contributed by atoms with Gasteiger partial charge in [0.2, 0.25) is 15.9 Å². The van der Waals surface area contributed by atoms with Crippen LogP contribution in [0.3, 0.4) is 0 Å². The molecule has 4 atom stereocenters. The number of amides is 1. The Kier molecular flexibility index (Phi) is 10.9. The minimum Gasteiger partial charge on any atom is -0.340 e. The van der Waals surface area contributed by atoms with Crippen LogP contribution in [0.25, 0.3) is 0 Å². The number of halogens is 4. The number of benzene rings is 1. The van der Waals surface area contributed by atoms with Gasteiger partial charge in [-0.15, -0.1) is 0 Å². The zero-order chi connectivity index (χ0) is 32.5. The molecule has 0 spiro atoms. The van der Waals surface area contributed by atoms with Gasteiger partial charge in [-0.3, -0.25) is 14.6 Å². The van der Waals surface area contributed by atoms with Crippen LogP contribution in [0.5, 0.6) is 0 Å². The Morgan fingerprint density at radius 3 is 2.29 bits per heavy atom. The molecule has 2 aliphatic heterocycles. The number of carbonyl (C=O) groups is 1. The quantitative estimate of drug-likeness (QED) is 0.336. The molecule has 1 aromatic rings. The van der Waals surface area contributed by atoms with Crippen molar-refractivity contribution in [3.8, 4) is 0 Å². The maximum Gasteiger partial charge on any atom is 0.260 e. The third-order valence-corrected chi connectivity index (χ3v) is 12.2. The number of piperidine rings is 1. The van der Waals surface area contributed by atoms with Crippen molar-refractivity contribution in [1.29, 1.82) is 0 Å². The third-order valence-electron chi connectivity index (χ3n) is 10.8. The molecule has 0 N–H and O–H groups in total. The Morgan fingerprint density at radius 1 is 1.00 bits per heavy atom. The van der Waals surface area contributed by atoms with E-state index in [9.17, 15) is 26.4 Å². The molecule has 4 fully saturated rings. The second kappa shape index (κ2) is 14.2. The monoisotopic (exact) mass is 658 g/mol. The first-order valence-electron chi connectivity index (χ1n) is 16.8. The first kappa shape index (κ1) is 34.6. The zero-order valence-corrected chi connectivity index (χ0v) is 27.8. The molecule has 0 radical (unpaired) electrons. The average molecular weight is 659 g/mol. The normalized spacial score (nSPS) is 28.2. The highest BCUT2D eigenvalue weighted by atomic mass is 32.2. The summed E-state index contributed by atoms with van der Waals surface area (Å²) in [5.41, 5.74) is 0.270. The lowest BCUT2D eigenvalue weighted by Crippen LogP contribution is -2.58. The SMILES string of the molecule is CC(C)N(CC(C1CCCCC1)N1CCN(C(=O)[C@@H]2CC(N3CCCC(F)(F)C3)C[C@H]2c2ccc(F)cc2F)CC1)S(C)(=O)=O. The van der Waals surface area contributed by atoms with Gasteiger partial charge in [-0.2, -0.15) is 4.31 Å². The fourth-order valence-corrected chi connectivity index (χ4v) is 9.73. The van der Waals surface area contributed by atoms with Crippen LogP contribution < -0.4 is 0 Å². The largest absolute Gasteiger partial charge is 0.340 e. The average Bonchev–Trinajstić information content (AvgIpc) is 3.42. The highest BCUT2D eigenvalue weighted by Crippen LogP contribution is 2.45. The van der Waals surface area contributed by atoms with Gasteiger partial charge in [0.25, 0.3) is 5.92 Å². The lowest BCUT2D eigenvalue weighted by Gasteiger charge is -2.45. The topological polar surface area (TPSA) is 64.2 Å². The van der Waals surface area contributed by atoms with E-state index in [2.05, 4.69) is 4.90 Å². The number of rotatable bonds is 9. The van der Waals surface area contributed by atoms with Crippen LogP contribution >= 0.6 is 0 Å². The zero-order valence-electron chi connectivity index (χ0n) is 26.9. The number of carbonyl (C=O) groups excluding carboxylic acids is 1. The van der Waals surface area contributed by atoms with Gasteiger partial charge in [0, 0.05) is 69.3 Å². The molecule has 12 heteroatoms. The molecule has 2 heterocycles. The summed E-state index contributed by atoms with van der Waals surface area (Å²) in [6, 6.07) is 3.04. The van der Waals surface area contributed by atoms with Crippen LogP contribution in [0.2, 0.25) is 0 Å². The van der Waals surface area contributed by atoms with Gasteiger partial charge in [0.15, 0.2) is 0 Å². The van der Waals surface area contributed by atoms with E-state index in [-0.39, 0.29) is 42.6 Å². The van der Waals surface area contributed by atoms with Gasteiger partial charge in [-0.1, -0.05) is 25.3 Å². The maximum absolute atomic E-state index is 15.1. The summed E-state index contributed by atoms with van der Waals surface area (Å²) in [6.07, 6.45) is 7.79. The number of hydrogen-bond donors (Lipinski definition) is 0. The summed E-state index contributed by atoms with van der Waals surface area (Å²) in [4.78, 5) is 20.1. The summed E-state index contributed by atoms with van der Waals surface area (Å²) in [7, 11) is -3.40. The van der Waals surface area contributed by atoms with Crippen LogP contribution in [-0.4, -0.2) is 109 Å². The molecule has 2 aliphatic carbocycles. The van der Waals surface area contributed by atoms with Gasteiger partial charge in [0.05, 0.1) is 12.8 Å². The molecule has 2 saturated heterocycles. The molecule has 0 bridgehead atoms. The Hall–Kier alpha value is -1.76. The van der Waals surface area contributed by atoms with Crippen LogP contribution in [0.15, 0.2) is 18.2 Å². The molecule has 2 unspecified atom stereocenters. The summed E-state index contributed by atoms with van der Waals surface area (Å²) in [6.45, 7) is 6.51. The number of hydrogen-bond acceptors (Lipinski definition) is 5. The predicted octanol–water partition coefficient (Wildman–Crippen LogP) is 5.32. The molecule has 2 saturated carbocycles. The molecule has 4 aliphatic rings. The summed E-state index contributed by atoms with van der Waals surface area (Å²) in [5.74, 6) is -5.03. The van der Waals surface area contributed by atoms with E-state index < -0.39 is 39.4 Å². The number of piperazine rings is 1. The minimum atomic E-state index is -3.40. The fraction of sp³-hybridized carbons (Fsp3) is 0.788. The van der Waals surface area contributed by atoms with E-state index in [1.165, 1.54) is 24.8 Å². The van der Waals surface area contributed by atoms with Crippen molar-refractivity contribution < 1.29 is 30.8 Å². The van der Waals surface area contributed by atoms with E-state index in [0.29, 0.717) is 64.4 Å². The third kappa shape index (κ3) is 8.22. The van der Waals surface area contributed by atoms with E-state index in [1.54, 1.807) is 9.21 Å². The summed E-state index contributed by atoms with van der Waals surface area (Å²) < 4.78 is 84.6. The van der Waals surface area contributed by atoms with Gasteiger partial charge in [-0.05, 0) is 76.0 Å². The Balaban J connectivity index is 1.32. The van der Waals surface area contributed by atoms with Crippen LogP contribution in [-0.2, 0) is 14.8 Å². The van der Waals surface area contributed by atoms with Gasteiger partial charge < -0.3 is 4.90 Å². The number of nitrogens with zero attached hydrogens (tertiary/aromatic N) is 4. The molecule has 1 aromatic carbocycles. The second-order valence-electron chi connectivity index (χ2n) is 14.2. The van der Waals surface area contributed by atoms with Gasteiger partial charge in [-0.25, -0.2) is 26.0 Å². The standard InChI is InChI=1S/C33H50F4N4O3S/c1-23(2)41(45(3,43)44)21-31(24-8-5-4-6-9-24)38-14-16-39(17-15-38)32(42)29-20-26(40-13-7-12-33(36,37)22-40)19-28(29)27-11-10-25(34)18-30(27)35/h10-11,18,23-24,26,28-29,31H,4-9,12-17,19-22H2,1-3H3/t26?,28-,29+,31?/m0/s1. The van der Waals surface area contributed by atoms with E-state index >= 15 is 4.39 Å². The molecular weight excluding hydrogens is 608 g/mol. The van der Waals surface area contributed by atoms with Crippen molar-refractivity contribution in [1.82, 2.24) is 19.0 Å². The predicted molar refractivity (Wildman–Crippen MR) is 167 cm³/mol. The van der Waals surface area contributed by atoms with Gasteiger partial charge >= 0.3 is 0 Å². The van der Waals surface area contributed by atoms with Crippen molar-refractivity contribution in [2.75, 3.05) is 52.1 Å². The smallest absolute Gasteiger partial charge is 0.260 e. The molecule has 7 nitrogen and oxygen atoms in total. The first-order valence-corrected chi connectivity index (χ1v) is 18.6. The minimum absolute atomic E-state index is 0.0531. The lowest BCUT2D eigenvalue weighted by molar-refractivity contribution is -0.138. The Labute approximate surface area is 266 Å². The first-order chi connectivity index (χ1) is 21.2. The molecule has 1 amide bonds.